The number of rotatable bonds is 4. The second-order valence-electron chi connectivity index (χ2n) is 5.34. The predicted molar refractivity (Wildman–Crippen MR) is 70.3 cm³/mol. The van der Waals surface area contributed by atoms with Crippen LogP contribution in [0.1, 0.15) is 32.6 Å². The van der Waals surface area contributed by atoms with Crippen LogP contribution in [0.5, 0.6) is 0 Å². The molecule has 0 N–H and O–H groups in total. The summed E-state index contributed by atoms with van der Waals surface area (Å²) in [7, 11) is 0. The number of nitrogens with zero attached hydrogens (tertiary/aromatic N) is 2. The quantitative estimate of drug-likeness (QED) is 0.720. The minimum Gasteiger partial charge on any atom is -0.339 e. The van der Waals surface area contributed by atoms with Crippen LogP contribution in [-0.2, 0) is 4.79 Å². The van der Waals surface area contributed by atoms with E-state index in [1.807, 2.05) is 0 Å². The van der Waals surface area contributed by atoms with Crippen LogP contribution in [0.4, 0.5) is 0 Å². The van der Waals surface area contributed by atoms with Crippen LogP contribution in [-0.4, -0.2) is 53.8 Å². The lowest BCUT2D eigenvalue weighted by Crippen LogP contribution is -2.45. The first kappa shape index (κ1) is 13.2. The average Bonchev–Trinajstić information content (AvgIpc) is 2.72. The number of alkyl halides is 1. The number of hydrogen-bond acceptors (Lipinski definition) is 2. The summed E-state index contributed by atoms with van der Waals surface area (Å²) in [4.78, 5) is 16.5. The third-order valence-electron chi connectivity index (χ3n) is 3.99. The van der Waals surface area contributed by atoms with Crippen molar-refractivity contribution in [3.63, 3.8) is 0 Å². The van der Waals surface area contributed by atoms with Crippen molar-refractivity contribution in [1.29, 1.82) is 0 Å². The van der Waals surface area contributed by atoms with E-state index in [1.54, 1.807) is 0 Å². The minimum atomic E-state index is 0.324. The SMILES string of the molecule is CCCN1CCC(N2CC(CCl)CC2=O)CC1. The first-order valence-electron chi connectivity index (χ1n) is 6.82. The molecule has 0 aromatic heterocycles. The van der Waals surface area contributed by atoms with Gasteiger partial charge < -0.3 is 9.80 Å². The second-order valence-corrected chi connectivity index (χ2v) is 5.65. The standard InChI is InChI=1S/C13H23ClN2O/c1-2-5-15-6-3-12(4-7-15)16-10-11(9-14)8-13(16)17/h11-12H,2-10H2,1H3. The molecule has 0 aliphatic carbocycles. The largest absolute Gasteiger partial charge is 0.339 e. The monoisotopic (exact) mass is 258 g/mol. The van der Waals surface area contributed by atoms with Crippen LogP contribution in [0, 0.1) is 5.92 Å². The lowest BCUT2D eigenvalue weighted by Gasteiger charge is -2.36. The summed E-state index contributed by atoms with van der Waals surface area (Å²) in [5, 5.41) is 0. The molecule has 2 heterocycles. The van der Waals surface area contributed by atoms with Gasteiger partial charge in [-0.25, -0.2) is 0 Å². The maximum absolute atomic E-state index is 11.9. The van der Waals surface area contributed by atoms with E-state index in [-0.39, 0.29) is 0 Å². The number of amides is 1. The summed E-state index contributed by atoms with van der Waals surface area (Å²) in [6, 6.07) is 0.476. The third-order valence-corrected chi connectivity index (χ3v) is 4.43. The van der Waals surface area contributed by atoms with E-state index in [0.29, 0.717) is 30.2 Å². The second kappa shape index (κ2) is 6.05. The van der Waals surface area contributed by atoms with Crippen molar-refractivity contribution < 1.29 is 4.79 Å². The number of carbonyl (C=O) groups is 1. The minimum absolute atomic E-state index is 0.324. The normalized spacial score (nSPS) is 28.0. The Hall–Kier alpha value is -0.280. The summed E-state index contributed by atoms with van der Waals surface area (Å²) < 4.78 is 0. The molecule has 1 atom stereocenters. The topological polar surface area (TPSA) is 23.6 Å². The molecule has 0 radical (unpaired) electrons. The molecular weight excluding hydrogens is 236 g/mol. The van der Waals surface area contributed by atoms with E-state index in [2.05, 4.69) is 16.7 Å². The summed E-state index contributed by atoms with van der Waals surface area (Å²) >= 11 is 5.85. The highest BCUT2D eigenvalue weighted by Crippen LogP contribution is 2.26. The van der Waals surface area contributed by atoms with E-state index < -0.39 is 0 Å². The Morgan fingerprint density at radius 2 is 2.06 bits per heavy atom. The van der Waals surface area contributed by atoms with E-state index in [1.165, 1.54) is 13.0 Å². The van der Waals surface area contributed by atoms with Gasteiger partial charge >= 0.3 is 0 Å². The Balaban J connectivity index is 1.82. The molecule has 3 nitrogen and oxygen atoms in total. The molecule has 98 valence electrons. The molecule has 0 saturated carbocycles. The molecule has 17 heavy (non-hydrogen) atoms. The van der Waals surface area contributed by atoms with Gasteiger partial charge in [0, 0.05) is 38.0 Å². The van der Waals surface area contributed by atoms with E-state index in [9.17, 15) is 4.79 Å². The molecule has 0 aromatic carbocycles. The molecule has 2 aliphatic heterocycles. The van der Waals surface area contributed by atoms with Crippen LogP contribution in [0.2, 0.25) is 0 Å². The molecule has 2 saturated heterocycles. The van der Waals surface area contributed by atoms with Crippen molar-refractivity contribution in [3.8, 4) is 0 Å². The third kappa shape index (κ3) is 3.14. The fourth-order valence-corrected chi connectivity index (χ4v) is 3.24. The van der Waals surface area contributed by atoms with Gasteiger partial charge in [0.25, 0.3) is 0 Å². The summed E-state index contributed by atoms with van der Waals surface area (Å²) in [6.45, 7) is 6.61. The van der Waals surface area contributed by atoms with Crippen LogP contribution in [0.25, 0.3) is 0 Å². The number of likely N-dealkylation sites (tertiary alicyclic amines) is 2. The van der Waals surface area contributed by atoms with E-state index in [4.69, 9.17) is 11.6 Å². The molecule has 0 aromatic rings. The van der Waals surface area contributed by atoms with Crippen molar-refractivity contribution >= 4 is 17.5 Å². The Bertz CT molecular complexity index is 264. The van der Waals surface area contributed by atoms with E-state index >= 15 is 0 Å². The molecule has 0 spiro atoms. The van der Waals surface area contributed by atoms with Crippen molar-refractivity contribution in [2.75, 3.05) is 32.1 Å². The molecule has 0 bridgehead atoms. The molecule has 2 aliphatic rings. The Kier molecular flexibility index (Phi) is 4.69. The summed E-state index contributed by atoms with van der Waals surface area (Å²) in [5.74, 6) is 1.33. The smallest absolute Gasteiger partial charge is 0.223 e. The molecule has 4 heteroatoms. The fourth-order valence-electron chi connectivity index (χ4n) is 3.04. The van der Waals surface area contributed by atoms with Crippen LogP contribution < -0.4 is 0 Å². The van der Waals surface area contributed by atoms with Gasteiger partial charge in [-0.05, 0) is 31.7 Å². The highest BCUT2D eigenvalue weighted by Gasteiger charge is 2.35. The summed E-state index contributed by atoms with van der Waals surface area (Å²) in [5.41, 5.74) is 0. The first-order chi connectivity index (χ1) is 8.24. The molecule has 2 rings (SSSR count). The van der Waals surface area contributed by atoms with E-state index in [0.717, 1.165) is 32.5 Å². The van der Waals surface area contributed by atoms with Gasteiger partial charge in [0.1, 0.15) is 0 Å². The maximum atomic E-state index is 11.9. The Morgan fingerprint density at radius 3 is 2.59 bits per heavy atom. The van der Waals surface area contributed by atoms with Crippen molar-refractivity contribution in [2.45, 2.75) is 38.6 Å². The van der Waals surface area contributed by atoms with Gasteiger partial charge in [-0.15, -0.1) is 11.6 Å². The van der Waals surface area contributed by atoms with Crippen molar-refractivity contribution in [1.82, 2.24) is 9.80 Å². The van der Waals surface area contributed by atoms with Crippen LogP contribution in [0.3, 0.4) is 0 Å². The van der Waals surface area contributed by atoms with Gasteiger partial charge in [-0.3, -0.25) is 4.79 Å². The van der Waals surface area contributed by atoms with Gasteiger partial charge in [-0.2, -0.15) is 0 Å². The maximum Gasteiger partial charge on any atom is 0.223 e. The van der Waals surface area contributed by atoms with Gasteiger partial charge in [0.15, 0.2) is 0 Å². The van der Waals surface area contributed by atoms with Gasteiger partial charge in [0.05, 0.1) is 0 Å². The molecular formula is C13H23ClN2O. The fraction of sp³-hybridized carbons (Fsp3) is 0.923. The zero-order chi connectivity index (χ0) is 12.3. The molecule has 1 amide bonds. The molecule has 2 fully saturated rings. The van der Waals surface area contributed by atoms with Crippen molar-refractivity contribution in [3.05, 3.63) is 0 Å². The lowest BCUT2D eigenvalue weighted by molar-refractivity contribution is -0.130. The number of hydrogen-bond donors (Lipinski definition) is 0. The zero-order valence-electron chi connectivity index (χ0n) is 10.7. The van der Waals surface area contributed by atoms with Crippen LogP contribution in [0.15, 0.2) is 0 Å². The average molecular weight is 259 g/mol. The lowest BCUT2D eigenvalue weighted by atomic mass is 10.0. The zero-order valence-corrected chi connectivity index (χ0v) is 11.5. The van der Waals surface area contributed by atoms with Crippen molar-refractivity contribution in [2.24, 2.45) is 5.92 Å². The Morgan fingerprint density at radius 1 is 1.35 bits per heavy atom. The predicted octanol–water partition coefficient (Wildman–Crippen LogP) is 1.95. The van der Waals surface area contributed by atoms with Gasteiger partial charge in [0.2, 0.25) is 5.91 Å². The first-order valence-corrected chi connectivity index (χ1v) is 7.35. The number of halogens is 1. The Labute approximate surface area is 109 Å². The summed E-state index contributed by atoms with van der Waals surface area (Å²) in [6.07, 6.45) is 4.17. The van der Waals surface area contributed by atoms with Gasteiger partial charge in [-0.1, -0.05) is 6.92 Å². The highest BCUT2D eigenvalue weighted by atomic mass is 35.5. The molecule has 1 unspecified atom stereocenters. The van der Waals surface area contributed by atoms with Crippen LogP contribution >= 0.6 is 11.6 Å². The highest BCUT2D eigenvalue weighted by molar-refractivity contribution is 6.18. The number of piperidine rings is 1. The number of carbonyl (C=O) groups excluding carboxylic acids is 1.